The minimum absolute atomic E-state index is 0.0636. The lowest BCUT2D eigenvalue weighted by molar-refractivity contribution is 0.0985. The highest BCUT2D eigenvalue weighted by molar-refractivity contribution is 8.00. The Balaban J connectivity index is 1.13. The Bertz CT molecular complexity index is 1550. The lowest BCUT2D eigenvalue weighted by Crippen LogP contribution is -2.39. The molecular formula is C39H35NO2S. The van der Waals surface area contributed by atoms with Gasteiger partial charge in [0.2, 0.25) is 0 Å². The van der Waals surface area contributed by atoms with E-state index in [1.165, 1.54) is 38.9 Å². The van der Waals surface area contributed by atoms with Crippen LogP contribution in [0.15, 0.2) is 140 Å². The quantitative estimate of drug-likeness (QED) is 0.171. The van der Waals surface area contributed by atoms with E-state index in [1.807, 2.05) is 16.7 Å². The molecule has 0 spiro atoms. The molecule has 0 radical (unpaired) electrons. The van der Waals surface area contributed by atoms with Gasteiger partial charge in [-0.15, -0.1) is 11.8 Å². The second-order valence-electron chi connectivity index (χ2n) is 11.4. The number of amides is 1. The molecule has 0 N–H and O–H groups in total. The van der Waals surface area contributed by atoms with E-state index in [1.54, 1.807) is 0 Å². The van der Waals surface area contributed by atoms with Gasteiger partial charge in [-0.2, -0.15) is 0 Å². The lowest BCUT2D eigenvalue weighted by Gasteiger charge is -2.37. The molecule has 1 aliphatic carbocycles. The second-order valence-corrected chi connectivity index (χ2v) is 12.6. The van der Waals surface area contributed by atoms with Crippen LogP contribution in [0.5, 0.6) is 0 Å². The first-order valence-electron chi connectivity index (χ1n) is 15.2. The summed E-state index contributed by atoms with van der Waals surface area (Å²) in [5, 5.41) is 0. The third-order valence-electron chi connectivity index (χ3n) is 8.98. The molecule has 1 atom stereocenters. The molecule has 4 heteroatoms. The summed E-state index contributed by atoms with van der Waals surface area (Å²) in [4.78, 5) is 15.6. The van der Waals surface area contributed by atoms with Crippen molar-refractivity contribution in [1.29, 1.82) is 0 Å². The summed E-state index contributed by atoms with van der Waals surface area (Å²) < 4.78 is 5.71. The molecule has 5 aromatic rings. The Morgan fingerprint density at radius 1 is 0.674 bits per heavy atom. The van der Waals surface area contributed by atoms with Gasteiger partial charge in [0.15, 0.2) is 0 Å². The fourth-order valence-corrected chi connectivity index (χ4v) is 8.61. The molecule has 1 saturated heterocycles. The van der Waals surface area contributed by atoms with Gasteiger partial charge in [0.05, 0.1) is 4.75 Å². The summed E-state index contributed by atoms with van der Waals surface area (Å²) in [7, 11) is 0. The number of hydrogen-bond acceptors (Lipinski definition) is 3. The van der Waals surface area contributed by atoms with Gasteiger partial charge >= 0.3 is 6.09 Å². The Labute approximate surface area is 258 Å². The number of rotatable bonds is 8. The summed E-state index contributed by atoms with van der Waals surface area (Å²) >= 11 is 1.92. The molecule has 0 bridgehead atoms. The third-order valence-corrected chi connectivity index (χ3v) is 10.7. The highest BCUT2D eigenvalue weighted by atomic mass is 32.2. The minimum atomic E-state index is -0.404. The van der Waals surface area contributed by atoms with Crippen molar-refractivity contribution in [2.75, 3.05) is 18.9 Å². The highest BCUT2D eigenvalue weighted by Crippen LogP contribution is 2.49. The number of fused-ring (bicyclic) bond motifs is 3. The molecule has 1 heterocycles. The Morgan fingerprint density at radius 2 is 1.14 bits per heavy atom. The first-order valence-corrected chi connectivity index (χ1v) is 16.2. The second kappa shape index (κ2) is 12.1. The molecule has 0 unspecified atom stereocenters. The molecule has 0 aromatic heterocycles. The van der Waals surface area contributed by atoms with Gasteiger partial charge in [0, 0.05) is 24.3 Å². The van der Waals surface area contributed by atoms with Crippen LogP contribution in [0, 0.1) is 0 Å². The third kappa shape index (κ3) is 5.14. The fraction of sp³-hybridized carbons (Fsp3) is 0.205. The Hall–Kier alpha value is -4.28. The molecule has 2 aliphatic rings. The number of carbonyl (C=O) groups excluding carboxylic acids is 1. The van der Waals surface area contributed by atoms with Crippen molar-refractivity contribution in [3.8, 4) is 11.1 Å². The number of carbonyl (C=O) groups is 1. The van der Waals surface area contributed by atoms with Crippen molar-refractivity contribution in [1.82, 2.24) is 4.90 Å². The average Bonchev–Trinajstić information content (AvgIpc) is 3.68. The molecule has 43 heavy (non-hydrogen) atoms. The normalized spacial score (nSPS) is 16.1. The number of thioether (sulfide) groups is 1. The van der Waals surface area contributed by atoms with Crippen LogP contribution in [0.4, 0.5) is 4.79 Å². The average molecular weight is 582 g/mol. The zero-order valence-corrected chi connectivity index (χ0v) is 25.0. The van der Waals surface area contributed by atoms with Crippen LogP contribution in [0.2, 0.25) is 0 Å². The Kier molecular flexibility index (Phi) is 7.78. The predicted molar refractivity (Wildman–Crippen MR) is 176 cm³/mol. The monoisotopic (exact) mass is 581 g/mol. The minimum Gasteiger partial charge on any atom is -0.448 e. The molecule has 214 valence electrons. The lowest BCUT2D eigenvalue weighted by atomic mass is 9.84. The summed E-state index contributed by atoms with van der Waals surface area (Å²) in [5.74, 6) is 0.872. The summed E-state index contributed by atoms with van der Waals surface area (Å²) in [6, 6.07) is 49.4. The fourth-order valence-electron chi connectivity index (χ4n) is 6.92. The van der Waals surface area contributed by atoms with Crippen molar-refractivity contribution in [2.24, 2.45) is 0 Å². The number of likely N-dealkylation sites (tertiary alicyclic amines) is 1. The van der Waals surface area contributed by atoms with Crippen LogP contribution in [0.1, 0.15) is 46.6 Å². The molecule has 3 nitrogen and oxygen atoms in total. The van der Waals surface area contributed by atoms with Crippen LogP contribution in [-0.4, -0.2) is 35.9 Å². The van der Waals surface area contributed by atoms with Gasteiger partial charge in [0.25, 0.3) is 0 Å². The van der Waals surface area contributed by atoms with E-state index in [-0.39, 0.29) is 18.1 Å². The molecule has 1 fully saturated rings. The van der Waals surface area contributed by atoms with E-state index >= 15 is 0 Å². The van der Waals surface area contributed by atoms with Crippen LogP contribution < -0.4 is 0 Å². The van der Waals surface area contributed by atoms with Gasteiger partial charge in [-0.1, -0.05) is 140 Å². The Morgan fingerprint density at radius 3 is 1.65 bits per heavy atom. The van der Waals surface area contributed by atoms with E-state index in [4.69, 9.17) is 4.74 Å². The molecule has 0 saturated carbocycles. The molecule has 1 amide bonds. The first kappa shape index (κ1) is 27.5. The van der Waals surface area contributed by atoms with Crippen molar-refractivity contribution in [2.45, 2.75) is 29.5 Å². The van der Waals surface area contributed by atoms with E-state index < -0.39 is 4.75 Å². The van der Waals surface area contributed by atoms with Gasteiger partial charge in [-0.05, 0) is 51.8 Å². The summed E-state index contributed by atoms with van der Waals surface area (Å²) in [5.41, 5.74) is 8.68. The highest BCUT2D eigenvalue weighted by Gasteiger charge is 2.40. The number of nitrogens with zero attached hydrogens (tertiary/aromatic N) is 1. The molecule has 1 aliphatic heterocycles. The van der Waals surface area contributed by atoms with Gasteiger partial charge < -0.3 is 9.64 Å². The number of hydrogen-bond donors (Lipinski definition) is 0. The molecular weight excluding hydrogens is 547 g/mol. The van der Waals surface area contributed by atoms with E-state index in [0.717, 1.165) is 25.1 Å². The maximum absolute atomic E-state index is 13.7. The van der Waals surface area contributed by atoms with Crippen LogP contribution >= 0.6 is 11.8 Å². The van der Waals surface area contributed by atoms with Crippen molar-refractivity contribution in [3.05, 3.63) is 167 Å². The zero-order chi connectivity index (χ0) is 29.1. The van der Waals surface area contributed by atoms with Crippen LogP contribution in [0.3, 0.4) is 0 Å². The maximum atomic E-state index is 13.7. The molecule has 7 rings (SSSR count). The van der Waals surface area contributed by atoms with Crippen molar-refractivity contribution >= 4 is 17.9 Å². The van der Waals surface area contributed by atoms with E-state index in [0.29, 0.717) is 6.61 Å². The van der Waals surface area contributed by atoms with Crippen molar-refractivity contribution < 1.29 is 9.53 Å². The standard InChI is InChI=1S/C39H35NO2S/c41-38(42-27-37-35-24-12-10-22-33(35)34-23-11-13-25-36(34)37)40-26-14-21-32(40)28-43-39(29-15-4-1-5-16-29,30-17-6-2-7-18-30)31-19-8-3-9-20-31/h1-13,15-20,22-25,32,37H,14,21,26-28H2/t32-/m1/s1. The van der Waals surface area contributed by atoms with Crippen LogP contribution in [-0.2, 0) is 9.48 Å². The molecule has 5 aromatic carbocycles. The number of benzene rings is 5. The summed E-state index contributed by atoms with van der Waals surface area (Å²) in [6.07, 6.45) is 1.77. The predicted octanol–water partition coefficient (Wildman–Crippen LogP) is 9.13. The summed E-state index contributed by atoms with van der Waals surface area (Å²) in [6.45, 7) is 1.09. The maximum Gasteiger partial charge on any atom is 0.410 e. The largest absolute Gasteiger partial charge is 0.448 e. The van der Waals surface area contributed by atoms with Gasteiger partial charge in [-0.25, -0.2) is 4.79 Å². The first-order chi connectivity index (χ1) is 21.3. The van der Waals surface area contributed by atoms with Crippen molar-refractivity contribution in [3.63, 3.8) is 0 Å². The number of ether oxygens (including phenoxy) is 1. The SMILES string of the molecule is O=C(OCC1c2ccccc2-c2ccccc21)N1CCC[C@@H]1CSC(c1ccccc1)(c1ccccc1)c1ccccc1. The topological polar surface area (TPSA) is 29.5 Å². The van der Waals surface area contributed by atoms with Gasteiger partial charge in [-0.3, -0.25) is 0 Å². The van der Waals surface area contributed by atoms with Crippen LogP contribution in [0.25, 0.3) is 11.1 Å². The van der Waals surface area contributed by atoms with E-state index in [2.05, 4.69) is 140 Å². The smallest absolute Gasteiger partial charge is 0.410 e. The zero-order valence-electron chi connectivity index (χ0n) is 24.1. The van der Waals surface area contributed by atoms with Gasteiger partial charge in [0.1, 0.15) is 6.61 Å². The van der Waals surface area contributed by atoms with E-state index in [9.17, 15) is 4.79 Å².